The first kappa shape index (κ1) is 23.8. The van der Waals surface area contributed by atoms with Crippen LogP contribution in [0.3, 0.4) is 0 Å². The second-order valence-electron chi connectivity index (χ2n) is 7.83. The van der Waals surface area contributed by atoms with Crippen molar-refractivity contribution in [1.29, 1.82) is 0 Å². The van der Waals surface area contributed by atoms with Gasteiger partial charge in [-0.3, -0.25) is 9.69 Å². The topological polar surface area (TPSA) is 99.4 Å². The fraction of sp³-hybridized carbons (Fsp3) is 0.292. The zero-order valence-corrected chi connectivity index (χ0v) is 19.5. The minimum Gasteiger partial charge on any atom is -0.442 e. The predicted octanol–water partition coefficient (Wildman–Crippen LogP) is 3.56. The number of thioether (sulfide) groups is 1. The highest BCUT2D eigenvalue weighted by molar-refractivity contribution is 7.99. The third-order valence-corrected chi connectivity index (χ3v) is 6.21. The van der Waals surface area contributed by atoms with Gasteiger partial charge in [0.05, 0.1) is 18.8 Å². The van der Waals surface area contributed by atoms with Gasteiger partial charge in [0.2, 0.25) is 5.91 Å². The lowest BCUT2D eigenvalue weighted by molar-refractivity contribution is -0.119. The molecule has 1 atom stereocenters. The SMILES string of the molecule is CC(=O)NC[C@H]1CN(c2ccc(-c3ccc(CNCCSc4ncc[nH]4)cc3)c(F)c2)C(=O)O1. The van der Waals surface area contributed by atoms with Gasteiger partial charge in [-0.1, -0.05) is 36.0 Å². The molecule has 0 radical (unpaired) electrons. The third-order valence-electron chi connectivity index (χ3n) is 5.30. The molecule has 0 bridgehead atoms. The Hall–Kier alpha value is -3.37. The molecule has 0 spiro atoms. The number of anilines is 1. The Labute approximate surface area is 201 Å². The first-order chi connectivity index (χ1) is 16.5. The van der Waals surface area contributed by atoms with Gasteiger partial charge >= 0.3 is 6.09 Å². The number of carbonyl (C=O) groups excluding carboxylic acids is 2. The number of nitrogens with one attached hydrogen (secondary N) is 3. The summed E-state index contributed by atoms with van der Waals surface area (Å²) in [6, 6.07) is 12.4. The predicted molar refractivity (Wildman–Crippen MR) is 129 cm³/mol. The molecule has 8 nitrogen and oxygen atoms in total. The van der Waals surface area contributed by atoms with Crippen molar-refractivity contribution in [3.63, 3.8) is 0 Å². The Kier molecular flexibility index (Phi) is 7.81. The van der Waals surface area contributed by atoms with E-state index < -0.39 is 18.0 Å². The zero-order valence-electron chi connectivity index (χ0n) is 18.7. The summed E-state index contributed by atoms with van der Waals surface area (Å²) >= 11 is 1.66. The van der Waals surface area contributed by atoms with E-state index in [4.69, 9.17) is 4.74 Å². The number of nitrogens with zero attached hydrogens (tertiary/aromatic N) is 2. The summed E-state index contributed by atoms with van der Waals surface area (Å²) in [5, 5.41) is 6.92. The van der Waals surface area contributed by atoms with Crippen molar-refractivity contribution >= 4 is 29.4 Å². The van der Waals surface area contributed by atoms with Gasteiger partial charge in [0.15, 0.2) is 5.16 Å². The summed E-state index contributed by atoms with van der Waals surface area (Å²) in [7, 11) is 0. The normalized spacial score (nSPS) is 15.4. The molecule has 34 heavy (non-hydrogen) atoms. The summed E-state index contributed by atoms with van der Waals surface area (Å²) < 4.78 is 20.2. The Balaban J connectivity index is 1.31. The van der Waals surface area contributed by atoms with E-state index >= 15 is 0 Å². The van der Waals surface area contributed by atoms with Crippen molar-refractivity contribution in [1.82, 2.24) is 20.6 Å². The van der Waals surface area contributed by atoms with Crippen LogP contribution in [0.2, 0.25) is 0 Å². The molecular weight excluding hydrogens is 457 g/mol. The Bertz CT molecular complexity index is 1120. The first-order valence-corrected chi connectivity index (χ1v) is 11.9. The van der Waals surface area contributed by atoms with Gasteiger partial charge in [0, 0.05) is 43.7 Å². The summed E-state index contributed by atoms with van der Waals surface area (Å²) in [6.45, 7) is 3.43. The van der Waals surface area contributed by atoms with Gasteiger partial charge < -0.3 is 20.4 Å². The number of hydrogen-bond acceptors (Lipinski definition) is 6. The maximum absolute atomic E-state index is 14.9. The number of rotatable bonds is 10. The van der Waals surface area contributed by atoms with Crippen molar-refractivity contribution in [3.05, 3.63) is 66.2 Å². The van der Waals surface area contributed by atoms with Crippen LogP contribution in [0.25, 0.3) is 11.1 Å². The van der Waals surface area contributed by atoms with Crippen molar-refractivity contribution in [2.75, 3.05) is 30.3 Å². The number of carbonyl (C=O) groups is 2. The molecule has 1 saturated heterocycles. The number of aromatic amines is 1. The molecule has 1 fully saturated rings. The standard InChI is InChI=1S/C24H26FN5O3S/c1-16(31)29-14-20-15-30(24(32)33-20)19-6-7-21(22(25)12-19)18-4-2-17(3-5-18)13-26-10-11-34-23-27-8-9-28-23/h2-9,12,20,26H,10-11,13-15H2,1H3,(H,27,28)(H,29,31)/t20-/m0/s1. The van der Waals surface area contributed by atoms with E-state index in [9.17, 15) is 14.0 Å². The fourth-order valence-electron chi connectivity index (χ4n) is 3.59. The van der Waals surface area contributed by atoms with Crippen molar-refractivity contribution in [2.45, 2.75) is 24.7 Å². The van der Waals surface area contributed by atoms with Crippen LogP contribution in [0.1, 0.15) is 12.5 Å². The smallest absolute Gasteiger partial charge is 0.414 e. The Morgan fingerprint density at radius 1 is 1.29 bits per heavy atom. The van der Waals surface area contributed by atoms with Gasteiger partial charge in [-0.25, -0.2) is 14.2 Å². The lowest BCUT2D eigenvalue weighted by Gasteiger charge is -2.15. The molecule has 1 aliphatic heterocycles. The van der Waals surface area contributed by atoms with Gasteiger partial charge in [-0.15, -0.1) is 0 Å². The highest BCUT2D eigenvalue weighted by Gasteiger charge is 2.32. The Morgan fingerprint density at radius 2 is 2.12 bits per heavy atom. The van der Waals surface area contributed by atoms with E-state index in [0.29, 0.717) is 11.3 Å². The summed E-state index contributed by atoms with van der Waals surface area (Å²) in [5.74, 6) is 0.286. The number of halogens is 1. The van der Waals surface area contributed by atoms with Crippen molar-refractivity contribution in [3.8, 4) is 11.1 Å². The fourth-order valence-corrected chi connectivity index (χ4v) is 4.31. The molecule has 2 heterocycles. The number of ether oxygens (including phenoxy) is 1. The number of H-pyrrole nitrogens is 1. The van der Waals surface area contributed by atoms with Crippen molar-refractivity contribution in [2.24, 2.45) is 0 Å². The highest BCUT2D eigenvalue weighted by Crippen LogP contribution is 2.29. The molecule has 2 amide bonds. The summed E-state index contributed by atoms with van der Waals surface area (Å²) in [5.41, 5.74) is 2.74. The number of imidazole rings is 1. The number of cyclic esters (lactones) is 1. The molecule has 3 N–H and O–H groups in total. The molecule has 3 aromatic rings. The minimum absolute atomic E-state index is 0.198. The number of aromatic nitrogens is 2. The van der Waals surface area contributed by atoms with Crippen LogP contribution in [-0.4, -0.2) is 53.5 Å². The summed E-state index contributed by atoms with van der Waals surface area (Å²) in [4.78, 5) is 31.9. The molecule has 4 rings (SSSR count). The van der Waals surface area contributed by atoms with E-state index in [-0.39, 0.29) is 19.0 Å². The van der Waals surface area contributed by atoms with Crippen LogP contribution >= 0.6 is 11.8 Å². The molecule has 1 aromatic heterocycles. The lowest BCUT2D eigenvalue weighted by Crippen LogP contribution is -2.33. The lowest BCUT2D eigenvalue weighted by atomic mass is 10.0. The number of amides is 2. The Morgan fingerprint density at radius 3 is 2.82 bits per heavy atom. The van der Waals surface area contributed by atoms with E-state index in [2.05, 4.69) is 20.6 Å². The van der Waals surface area contributed by atoms with Crippen LogP contribution in [-0.2, 0) is 16.1 Å². The molecule has 0 aliphatic carbocycles. The largest absolute Gasteiger partial charge is 0.442 e. The van der Waals surface area contributed by atoms with E-state index in [0.717, 1.165) is 35.1 Å². The zero-order chi connectivity index (χ0) is 23.9. The van der Waals surface area contributed by atoms with Crippen LogP contribution in [0.15, 0.2) is 60.0 Å². The van der Waals surface area contributed by atoms with Crippen LogP contribution in [0.4, 0.5) is 14.9 Å². The first-order valence-electron chi connectivity index (χ1n) is 10.9. The second-order valence-corrected chi connectivity index (χ2v) is 8.92. The van der Waals surface area contributed by atoms with Crippen molar-refractivity contribution < 1.29 is 18.7 Å². The van der Waals surface area contributed by atoms with Gasteiger partial charge in [0.1, 0.15) is 11.9 Å². The number of benzene rings is 2. The highest BCUT2D eigenvalue weighted by atomic mass is 32.2. The maximum atomic E-state index is 14.9. The average Bonchev–Trinajstić information content (AvgIpc) is 3.47. The van der Waals surface area contributed by atoms with E-state index in [1.807, 2.05) is 24.3 Å². The van der Waals surface area contributed by atoms with Gasteiger partial charge in [0.25, 0.3) is 0 Å². The molecule has 178 valence electrons. The van der Waals surface area contributed by atoms with Crippen LogP contribution < -0.4 is 15.5 Å². The van der Waals surface area contributed by atoms with Crippen LogP contribution in [0.5, 0.6) is 0 Å². The molecule has 1 aliphatic rings. The van der Waals surface area contributed by atoms with Gasteiger partial charge in [-0.2, -0.15) is 0 Å². The van der Waals surface area contributed by atoms with E-state index in [1.165, 1.54) is 17.9 Å². The molecule has 0 unspecified atom stereocenters. The van der Waals surface area contributed by atoms with Crippen LogP contribution in [0, 0.1) is 5.82 Å². The monoisotopic (exact) mass is 483 g/mol. The molecule has 2 aromatic carbocycles. The third kappa shape index (κ3) is 6.15. The maximum Gasteiger partial charge on any atom is 0.414 e. The quantitative estimate of drug-likeness (QED) is 0.301. The van der Waals surface area contributed by atoms with E-state index in [1.54, 1.807) is 36.3 Å². The van der Waals surface area contributed by atoms with Gasteiger partial charge in [-0.05, 0) is 29.3 Å². The molecule has 0 saturated carbocycles. The minimum atomic E-state index is -0.554. The molecular formula is C24H26FN5O3S. The average molecular weight is 484 g/mol. The molecule has 10 heteroatoms. The summed E-state index contributed by atoms with van der Waals surface area (Å²) in [6.07, 6.45) is 2.52. The number of hydrogen-bond donors (Lipinski definition) is 3. The second kappa shape index (κ2) is 11.2.